The molecule has 0 heterocycles. The minimum atomic E-state index is -0.533. The normalized spacial score (nSPS) is 16.0. The molecule has 1 aromatic carbocycles. The van der Waals surface area contributed by atoms with Gasteiger partial charge in [0.1, 0.15) is 0 Å². The molecule has 114 valence electrons. The van der Waals surface area contributed by atoms with Crippen LogP contribution in [0.5, 0.6) is 0 Å². The first-order valence-electron chi connectivity index (χ1n) is 7.72. The zero-order valence-corrected chi connectivity index (χ0v) is 14.5. The summed E-state index contributed by atoms with van der Waals surface area (Å²) >= 11 is 3.53. The molecule has 0 aliphatic heterocycles. The van der Waals surface area contributed by atoms with Crippen molar-refractivity contribution in [3.63, 3.8) is 0 Å². The molecule has 1 amide bonds. The predicted molar refractivity (Wildman–Crippen MR) is 91.2 cm³/mol. The molecule has 0 atom stereocenters. The van der Waals surface area contributed by atoms with Crippen molar-refractivity contribution in [3.8, 4) is 0 Å². The summed E-state index contributed by atoms with van der Waals surface area (Å²) in [6.45, 7) is 4.50. The Labute approximate surface area is 136 Å². The summed E-state index contributed by atoms with van der Waals surface area (Å²) in [4.78, 5) is 14.8. The maximum atomic E-state index is 12.8. The van der Waals surface area contributed by atoms with Gasteiger partial charge in [-0.1, -0.05) is 58.8 Å². The Morgan fingerprint density at radius 3 is 2.57 bits per heavy atom. The van der Waals surface area contributed by atoms with Gasteiger partial charge in [0, 0.05) is 5.70 Å². The zero-order valence-electron chi connectivity index (χ0n) is 12.9. The molecule has 21 heavy (non-hydrogen) atoms. The summed E-state index contributed by atoms with van der Waals surface area (Å²) in [7, 11) is 0. The largest absolute Gasteiger partial charge is 0.311 e. The molecule has 0 aromatic heterocycles. The lowest BCUT2D eigenvalue weighted by atomic mass is 10.1. The highest BCUT2D eigenvalue weighted by molar-refractivity contribution is 9.10. The van der Waals surface area contributed by atoms with Crippen LogP contribution in [-0.2, 0) is 11.3 Å². The van der Waals surface area contributed by atoms with Crippen LogP contribution in [0.25, 0.3) is 0 Å². The van der Waals surface area contributed by atoms with Crippen LogP contribution in [-0.4, -0.2) is 15.1 Å². The van der Waals surface area contributed by atoms with Gasteiger partial charge in [-0.25, -0.2) is 0 Å². The number of halogens is 1. The molecule has 3 heteroatoms. The third kappa shape index (κ3) is 4.70. The fourth-order valence-corrected chi connectivity index (χ4v) is 2.85. The van der Waals surface area contributed by atoms with Crippen molar-refractivity contribution >= 4 is 21.8 Å². The Balaban J connectivity index is 2.25. The molecule has 1 aromatic rings. The molecule has 0 unspecified atom stereocenters. The molecular weight excluding hydrogens is 326 g/mol. The Morgan fingerprint density at radius 1 is 1.19 bits per heavy atom. The first-order valence-corrected chi connectivity index (χ1v) is 8.51. The molecule has 0 radical (unpaired) electrons. The van der Waals surface area contributed by atoms with Crippen molar-refractivity contribution in [3.05, 3.63) is 47.7 Å². The smallest absolute Gasteiger partial charge is 0.243 e. The molecule has 0 fully saturated rings. The number of alkyl halides is 1. The number of rotatable bonds is 4. The van der Waals surface area contributed by atoms with Gasteiger partial charge in [0.15, 0.2) is 0 Å². The zero-order chi connectivity index (χ0) is 15.3. The lowest BCUT2D eigenvalue weighted by Gasteiger charge is -2.30. The summed E-state index contributed by atoms with van der Waals surface area (Å²) in [6, 6.07) is 10.2. The molecular formula is C18H24BrNO. The summed E-state index contributed by atoms with van der Waals surface area (Å²) in [6.07, 6.45) is 8.00. The van der Waals surface area contributed by atoms with Gasteiger partial charge in [-0.2, -0.15) is 0 Å². The van der Waals surface area contributed by atoms with Crippen molar-refractivity contribution in [1.82, 2.24) is 4.90 Å². The Kier molecular flexibility index (Phi) is 5.63. The number of benzene rings is 1. The van der Waals surface area contributed by atoms with Crippen molar-refractivity contribution in [1.29, 1.82) is 0 Å². The number of carbonyl (C=O) groups excluding carboxylic acids is 1. The SMILES string of the molecule is CC(C)(Br)C(=O)N(Cc1ccccc1)C1=CCCCCC1. The third-order valence-corrected chi connectivity index (χ3v) is 4.14. The van der Waals surface area contributed by atoms with Crippen LogP contribution in [0.1, 0.15) is 51.5 Å². The molecule has 1 aliphatic rings. The lowest BCUT2D eigenvalue weighted by molar-refractivity contribution is -0.131. The highest BCUT2D eigenvalue weighted by atomic mass is 79.9. The molecule has 0 bridgehead atoms. The van der Waals surface area contributed by atoms with E-state index in [4.69, 9.17) is 0 Å². The number of allylic oxidation sites excluding steroid dienone is 2. The van der Waals surface area contributed by atoms with Gasteiger partial charge in [-0.15, -0.1) is 0 Å². The van der Waals surface area contributed by atoms with E-state index in [0.29, 0.717) is 6.54 Å². The average molecular weight is 350 g/mol. The van der Waals surface area contributed by atoms with Crippen LogP contribution in [0.15, 0.2) is 42.1 Å². The topological polar surface area (TPSA) is 20.3 Å². The van der Waals surface area contributed by atoms with E-state index in [1.165, 1.54) is 30.5 Å². The maximum absolute atomic E-state index is 12.8. The molecule has 0 saturated heterocycles. The number of amides is 1. The number of nitrogens with zero attached hydrogens (tertiary/aromatic N) is 1. The first kappa shape index (κ1) is 16.3. The van der Waals surface area contributed by atoms with Crippen LogP contribution >= 0.6 is 15.9 Å². The summed E-state index contributed by atoms with van der Waals surface area (Å²) in [5.74, 6) is 0.138. The van der Waals surface area contributed by atoms with Gasteiger partial charge >= 0.3 is 0 Å². The maximum Gasteiger partial charge on any atom is 0.243 e. The van der Waals surface area contributed by atoms with Gasteiger partial charge < -0.3 is 4.90 Å². The second-order valence-corrected chi connectivity index (χ2v) is 8.13. The van der Waals surface area contributed by atoms with Crippen molar-refractivity contribution in [2.45, 2.75) is 56.8 Å². The number of hydrogen-bond donors (Lipinski definition) is 0. The van der Waals surface area contributed by atoms with Gasteiger partial charge in [0.25, 0.3) is 0 Å². The van der Waals surface area contributed by atoms with Crippen molar-refractivity contribution in [2.24, 2.45) is 0 Å². The van der Waals surface area contributed by atoms with Crippen molar-refractivity contribution < 1.29 is 4.79 Å². The minimum absolute atomic E-state index is 0.138. The lowest BCUT2D eigenvalue weighted by Crippen LogP contribution is -2.40. The van der Waals surface area contributed by atoms with E-state index in [1.807, 2.05) is 36.9 Å². The van der Waals surface area contributed by atoms with Crippen LogP contribution in [0.3, 0.4) is 0 Å². The minimum Gasteiger partial charge on any atom is -0.311 e. The van der Waals surface area contributed by atoms with E-state index in [0.717, 1.165) is 12.8 Å². The molecule has 2 rings (SSSR count). The highest BCUT2D eigenvalue weighted by Gasteiger charge is 2.31. The summed E-state index contributed by atoms with van der Waals surface area (Å²) < 4.78 is -0.533. The van der Waals surface area contributed by atoms with Gasteiger partial charge in [0.05, 0.1) is 10.9 Å². The number of carbonyl (C=O) groups is 1. The molecule has 2 nitrogen and oxygen atoms in total. The van der Waals surface area contributed by atoms with E-state index >= 15 is 0 Å². The first-order chi connectivity index (χ1) is 9.98. The van der Waals surface area contributed by atoms with Gasteiger partial charge in [-0.05, 0) is 45.1 Å². The molecule has 0 spiro atoms. The predicted octanol–water partition coefficient (Wildman–Crippen LogP) is 5.04. The van der Waals surface area contributed by atoms with Crippen molar-refractivity contribution in [2.75, 3.05) is 0 Å². The third-order valence-electron chi connectivity index (χ3n) is 3.80. The summed E-state index contributed by atoms with van der Waals surface area (Å²) in [5, 5.41) is 0. The average Bonchev–Trinajstić information content (AvgIpc) is 2.73. The molecule has 1 aliphatic carbocycles. The second kappa shape index (κ2) is 7.26. The van der Waals surface area contributed by atoms with Crippen LogP contribution in [0.2, 0.25) is 0 Å². The van der Waals surface area contributed by atoms with Crippen LogP contribution in [0, 0.1) is 0 Å². The Morgan fingerprint density at radius 2 is 1.90 bits per heavy atom. The van der Waals surface area contributed by atoms with Crippen LogP contribution < -0.4 is 0 Å². The van der Waals surface area contributed by atoms with E-state index in [9.17, 15) is 4.79 Å². The fraction of sp³-hybridized carbons (Fsp3) is 0.500. The second-order valence-electron chi connectivity index (χ2n) is 6.14. The molecule has 0 N–H and O–H groups in total. The fourth-order valence-electron chi connectivity index (χ4n) is 2.63. The Bertz CT molecular complexity index is 502. The standard InChI is InChI=1S/C18H24BrNO/c1-18(2,19)17(21)20(14-15-10-6-5-7-11-15)16-12-8-3-4-9-13-16/h5-7,10-12H,3-4,8-9,13-14H2,1-2H3. The monoisotopic (exact) mass is 349 g/mol. The van der Waals surface area contributed by atoms with E-state index in [1.54, 1.807) is 0 Å². The van der Waals surface area contributed by atoms with E-state index in [2.05, 4.69) is 34.1 Å². The molecule has 0 saturated carbocycles. The van der Waals surface area contributed by atoms with E-state index < -0.39 is 4.32 Å². The summed E-state index contributed by atoms with van der Waals surface area (Å²) in [5.41, 5.74) is 2.36. The number of hydrogen-bond acceptors (Lipinski definition) is 1. The van der Waals surface area contributed by atoms with Gasteiger partial charge in [-0.3, -0.25) is 4.79 Å². The van der Waals surface area contributed by atoms with E-state index in [-0.39, 0.29) is 5.91 Å². The van der Waals surface area contributed by atoms with Gasteiger partial charge in [0.2, 0.25) is 5.91 Å². The van der Waals surface area contributed by atoms with Crippen LogP contribution in [0.4, 0.5) is 0 Å². The Hall–Kier alpha value is -1.09. The quantitative estimate of drug-likeness (QED) is 0.697. The highest BCUT2D eigenvalue weighted by Crippen LogP contribution is 2.28.